The molecule has 0 radical (unpaired) electrons. The first-order chi connectivity index (χ1) is 12.0. The first-order valence-corrected chi connectivity index (χ1v) is 7.91. The van der Waals surface area contributed by atoms with Gasteiger partial charge in [0.25, 0.3) is 5.91 Å². The van der Waals surface area contributed by atoms with E-state index in [2.05, 4.69) is 10.3 Å². The van der Waals surface area contributed by atoms with Crippen molar-refractivity contribution in [3.63, 3.8) is 0 Å². The number of hydrogen-bond acceptors (Lipinski definition) is 3. The van der Waals surface area contributed by atoms with Gasteiger partial charge in [-0.1, -0.05) is 24.3 Å². The van der Waals surface area contributed by atoms with E-state index in [4.69, 9.17) is 0 Å². The minimum absolute atomic E-state index is 0.103. The van der Waals surface area contributed by atoms with Gasteiger partial charge in [-0.15, -0.1) is 0 Å². The Morgan fingerprint density at radius 2 is 1.72 bits per heavy atom. The summed E-state index contributed by atoms with van der Waals surface area (Å²) < 4.78 is 0. The summed E-state index contributed by atoms with van der Waals surface area (Å²) in [6.45, 7) is 0. The van der Waals surface area contributed by atoms with Gasteiger partial charge in [0.05, 0.1) is 0 Å². The van der Waals surface area contributed by atoms with Crippen molar-refractivity contribution >= 4 is 22.8 Å². The lowest BCUT2D eigenvalue weighted by molar-refractivity contribution is -0.144. The third-order valence-corrected chi connectivity index (χ3v) is 4.71. The molecule has 4 rings (SSSR count). The zero-order valence-corrected chi connectivity index (χ0v) is 13.2. The van der Waals surface area contributed by atoms with E-state index in [1.54, 1.807) is 18.2 Å². The van der Waals surface area contributed by atoms with Crippen LogP contribution in [0.25, 0.3) is 10.9 Å². The second-order valence-corrected chi connectivity index (χ2v) is 6.42. The highest BCUT2D eigenvalue weighted by Gasteiger charge is 2.45. The lowest BCUT2D eigenvalue weighted by Crippen LogP contribution is -2.55. The van der Waals surface area contributed by atoms with Crippen LogP contribution in [0.4, 0.5) is 0 Å². The van der Waals surface area contributed by atoms with Crippen LogP contribution in [0, 0.1) is 0 Å². The Kier molecular flexibility index (Phi) is 3.28. The molecular formula is C19H16N2O4. The number of nitrogens with one attached hydrogen (secondary N) is 2. The lowest BCUT2D eigenvalue weighted by atomic mass is 9.95. The molecule has 1 aliphatic carbocycles. The van der Waals surface area contributed by atoms with Gasteiger partial charge in [0.1, 0.15) is 17.0 Å². The van der Waals surface area contributed by atoms with Gasteiger partial charge < -0.3 is 20.5 Å². The van der Waals surface area contributed by atoms with Crippen molar-refractivity contribution in [3.8, 4) is 5.75 Å². The molecule has 0 unspecified atom stereocenters. The van der Waals surface area contributed by atoms with E-state index in [1.165, 1.54) is 6.07 Å². The smallest absolute Gasteiger partial charge is 0.330 e. The number of benzene rings is 2. The summed E-state index contributed by atoms with van der Waals surface area (Å²) in [4.78, 5) is 27.5. The van der Waals surface area contributed by atoms with Crippen LogP contribution in [-0.4, -0.2) is 32.6 Å². The highest BCUT2D eigenvalue weighted by molar-refractivity contribution is 6.01. The maximum atomic E-state index is 12.6. The number of fused-ring (bicyclic) bond motifs is 2. The molecule has 3 aromatic rings. The molecule has 25 heavy (non-hydrogen) atoms. The number of phenols is 1. The number of carboxylic acid groups (broad SMARTS) is 1. The minimum Gasteiger partial charge on any atom is -0.508 e. The van der Waals surface area contributed by atoms with Crippen molar-refractivity contribution in [3.05, 3.63) is 65.4 Å². The maximum Gasteiger partial charge on any atom is 0.330 e. The van der Waals surface area contributed by atoms with Crippen LogP contribution in [0.3, 0.4) is 0 Å². The number of amides is 1. The topological polar surface area (TPSA) is 102 Å². The molecule has 0 atom stereocenters. The molecule has 0 spiro atoms. The summed E-state index contributed by atoms with van der Waals surface area (Å²) >= 11 is 0. The lowest BCUT2D eigenvalue weighted by Gasteiger charge is -2.25. The quantitative estimate of drug-likeness (QED) is 0.589. The van der Waals surface area contributed by atoms with Crippen LogP contribution in [-0.2, 0) is 17.6 Å². The second-order valence-electron chi connectivity index (χ2n) is 6.42. The van der Waals surface area contributed by atoms with Crippen LogP contribution in [0.2, 0.25) is 0 Å². The van der Waals surface area contributed by atoms with E-state index < -0.39 is 17.4 Å². The summed E-state index contributed by atoms with van der Waals surface area (Å²) in [5.74, 6) is -1.43. The fourth-order valence-corrected chi connectivity index (χ4v) is 3.44. The van der Waals surface area contributed by atoms with E-state index >= 15 is 0 Å². The molecule has 2 aromatic carbocycles. The van der Waals surface area contributed by atoms with Crippen molar-refractivity contribution < 1.29 is 19.8 Å². The molecule has 4 N–H and O–H groups in total. The fourth-order valence-electron chi connectivity index (χ4n) is 3.44. The van der Waals surface area contributed by atoms with Gasteiger partial charge in [-0.3, -0.25) is 4.79 Å². The molecule has 0 bridgehead atoms. The van der Waals surface area contributed by atoms with Crippen molar-refractivity contribution in [2.75, 3.05) is 0 Å². The zero-order valence-electron chi connectivity index (χ0n) is 13.2. The number of carbonyl (C=O) groups is 2. The third-order valence-electron chi connectivity index (χ3n) is 4.71. The number of rotatable bonds is 3. The summed E-state index contributed by atoms with van der Waals surface area (Å²) in [6, 6.07) is 13.8. The number of H-pyrrole nitrogens is 1. The van der Waals surface area contributed by atoms with Gasteiger partial charge in [-0.2, -0.15) is 0 Å². The predicted octanol–water partition coefficient (Wildman–Crippen LogP) is 2.23. The largest absolute Gasteiger partial charge is 0.508 e. The highest BCUT2D eigenvalue weighted by atomic mass is 16.4. The van der Waals surface area contributed by atoms with E-state index in [0.717, 1.165) is 11.1 Å². The average molecular weight is 336 g/mol. The van der Waals surface area contributed by atoms with Crippen molar-refractivity contribution in [1.82, 2.24) is 10.3 Å². The van der Waals surface area contributed by atoms with Crippen LogP contribution >= 0.6 is 0 Å². The van der Waals surface area contributed by atoms with Gasteiger partial charge in [-0.25, -0.2) is 4.79 Å². The molecule has 6 nitrogen and oxygen atoms in total. The first-order valence-electron chi connectivity index (χ1n) is 7.91. The first kappa shape index (κ1) is 15.3. The molecule has 0 saturated carbocycles. The molecule has 0 fully saturated rings. The van der Waals surface area contributed by atoms with Crippen molar-refractivity contribution in [2.24, 2.45) is 0 Å². The minimum atomic E-state index is -1.35. The van der Waals surface area contributed by atoms with Gasteiger partial charge in [0.15, 0.2) is 0 Å². The number of carboxylic acids is 1. The number of aromatic nitrogens is 1. The summed E-state index contributed by atoms with van der Waals surface area (Å²) in [7, 11) is 0. The number of carbonyl (C=O) groups excluding carboxylic acids is 1. The van der Waals surface area contributed by atoms with Gasteiger partial charge in [0, 0.05) is 23.7 Å². The predicted molar refractivity (Wildman–Crippen MR) is 91.6 cm³/mol. The molecule has 0 aliphatic heterocycles. The van der Waals surface area contributed by atoms with Crippen molar-refractivity contribution in [1.29, 1.82) is 0 Å². The third kappa shape index (κ3) is 2.52. The summed E-state index contributed by atoms with van der Waals surface area (Å²) in [5.41, 5.74) is 1.48. The Morgan fingerprint density at radius 1 is 1.04 bits per heavy atom. The number of aromatic amines is 1. The normalized spacial score (nSPS) is 15.0. The average Bonchev–Trinajstić information content (AvgIpc) is 3.15. The summed E-state index contributed by atoms with van der Waals surface area (Å²) in [5, 5.41) is 22.7. The SMILES string of the molecule is O=C(NC1(C(=O)O)Cc2ccccc2C1)c1cc2cc(O)ccc2[nH]1. The second kappa shape index (κ2) is 5.37. The summed E-state index contributed by atoms with van der Waals surface area (Å²) in [6.07, 6.45) is 0.510. The van der Waals surface area contributed by atoms with E-state index in [-0.39, 0.29) is 24.3 Å². The molecule has 1 amide bonds. The Balaban J connectivity index is 1.64. The number of hydrogen-bond donors (Lipinski definition) is 4. The molecule has 1 aliphatic rings. The van der Waals surface area contributed by atoms with E-state index in [1.807, 2.05) is 24.3 Å². The monoisotopic (exact) mass is 336 g/mol. The fraction of sp³-hybridized carbons (Fsp3) is 0.158. The van der Waals surface area contributed by atoms with Gasteiger partial charge >= 0.3 is 5.97 Å². The van der Waals surface area contributed by atoms with Gasteiger partial charge in [0.2, 0.25) is 0 Å². The Hall–Kier alpha value is -3.28. The maximum absolute atomic E-state index is 12.6. The number of aromatic hydroxyl groups is 1. The Bertz CT molecular complexity index is 981. The highest BCUT2D eigenvalue weighted by Crippen LogP contribution is 2.31. The molecule has 1 aromatic heterocycles. The molecule has 1 heterocycles. The van der Waals surface area contributed by atoms with Crippen LogP contribution in [0.1, 0.15) is 21.6 Å². The number of aliphatic carboxylic acids is 1. The zero-order chi connectivity index (χ0) is 17.6. The standard InChI is InChI=1S/C19H16N2O4/c22-14-5-6-15-13(7-14)8-16(20-15)17(23)21-19(18(24)25)9-11-3-1-2-4-12(11)10-19/h1-8,20,22H,9-10H2,(H,21,23)(H,24,25). The van der Waals surface area contributed by atoms with Crippen molar-refractivity contribution in [2.45, 2.75) is 18.4 Å². The Morgan fingerprint density at radius 3 is 2.36 bits per heavy atom. The van der Waals surface area contributed by atoms with Gasteiger partial charge in [-0.05, 0) is 35.4 Å². The number of phenolic OH excluding ortho intramolecular Hbond substituents is 1. The molecule has 126 valence electrons. The van der Waals surface area contributed by atoms with E-state index in [0.29, 0.717) is 10.9 Å². The van der Waals surface area contributed by atoms with E-state index in [9.17, 15) is 19.8 Å². The Labute approximate surface area is 143 Å². The molecule has 6 heteroatoms. The van der Waals surface area contributed by atoms with Crippen LogP contribution < -0.4 is 5.32 Å². The van der Waals surface area contributed by atoms with Crippen LogP contribution in [0.5, 0.6) is 5.75 Å². The molecule has 0 saturated heterocycles. The molecular weight excluding hydrogens is 320 g/mol. The van der Waals surface area contributed by atoms with Crippen LogP contribution in [0.15, 0.2) is 48.5 Å².